The molecule has 0 fully saturated rings. The Labute approximate surface area is 87.7 Å². The van der Waals surface area contributed by atoms with Crippen LogP contribution in [0.3, 0.4) is 0 Å². The van der Waals surface area contributed by atoms with Crippen LogP contribution < -0.4 is 0 Å². The van der Waals surface area contributed by atoms with Gasteiger partial charge in [0, 0.05) is 6.21 Å². The maximum atomic E-state index is 4.29. The summed E-state index contributed by atoms with van der Waals surface area (Å²) in [6, 6.07) is 0. The van der Waals surface area contributed by atoms with Crippen LogP contribution in [0.1, 0.15) is 26.2 Å². The van der Waals surface area contributed by atoms with Crippen LogP contribution in [0.5, 0.6) is 0 Å². The van der Waals surface area contributed by atoms with Gasteiger partial charge in [0.25, 0.3) is 0 Å². The summed E-state index contributed by atoms with van der Waals surface area (Å²) in [6.45, 7) is 2.16. The number of aromatic nitrogens is 4. The Bertz CT molecular complexity index is 460. The summed E-state index contributed by atoms with van der Waals surface area (Å²) >= 11 is 0. The Morgan fingerprint density at radius 3 is 3.20 bits per heavy atom. The lowest BCUT2D eigenvalue weighted by Gasteiger charge is -1.93. The van der Waals surface area contributed by atoms with Gasteiger partial charge < -0.3 is 4.98 Å². The number of fused-ring (bicyclic) bond motifs is 1. The molecular formula is C10H13N5. The first kappa shape index (κ1) is 9.76. The molecule has 78 valence electrons. The van der Waals surface area contributed by atoms with Crippen LogP contribution in [0.15, 0.2) is 17.6 Å². The van der Waals surface area contributed by atoms with Gasteiger partial charge in [0.15, 0.2) is 17.0 Å². The van der Waals surface area contributed by atoms with Crippen molar-refractivity contribution in [2.75, 3.05) is 0 Å². The van der Waals surface area contributed by atoms with Crippen molar-refractivity contribution in [1.29, 1.82) is 0 Å². The van der Waals surface area contributed by atoms with E-state index in [4.69, 9.17) is 0 Å². The number of hydrogen-bond donors (Lipinski definition) is 1. The average molecular weight is 203 g/mol. The highest BCUT2D eigenvalue weighted by molar-refractivity contribution is 5.82. The predicted molar refractivity (Wildman–Crippen MR) is 59.4 cm³/mol. The summed E-state index contributed by atoms with van der Waals surface area (Å²) in [5, 5.41) is 0. The number of aromatic amines is 1. The smallest absolute Gasteiger partial charge is 0.183 e. The van der Waals surface area contributed by atoms with E-state index in [0.29, 0.717) is 5.82 Å². The second-order valence-corrected chi connectivity index (χ2v) is 3.25. The highest BCUT2D eigenvalue weighted by Crippen LogP contribution is 2.16. The molecule has 5 heteroatoms. The van der Waals surface area contributed by atoms with Crippen LogP contribution in [-0.2, 0) is 0 Å². The zero-order chi connectivity index (χ0) is 10.5. The van der Waals surface area contributed by atoms with Crippen LogP contribution in [0.2, 0.25) is 0 Å². The first-order valence-electron chi connectivity index (χ1n) is 5.08. The number of H-pyrrole nitrogens is 1. The quantitative estimate of drug-likeness (QED) is 0.612. The number of imidazole rings is 1. The Hall–Kier alpha value is -1.78. The minimum absolute atomic E-state index is 0.636. The molecule has 0 bridgehead atoms. The molecule has 0 aliphatic carbocycles. The van der Waals surface area contributed by atoms with E-state index in [9.17, 15) is 0 Å². The van der Waals surface area contributed by atoms with Gasteiger partial charge in [0.05, 0.1) is 6.33 Å². The predicted octanol–water partition coefficient (Wildman–Crippen LogP) is 2.25. The Kier molecular flexibility index (Phi) is 3.02. The minimum Gasteiger partial charge on any atom is -0.329 e. The Balaban J connectivity index is 2.20. The lowest BCUT2D eigenvalue weighted by Crippen LogP contribution is -1.83. The van der Waals surface area contributed by atoms with Crippen LogP contribution in [0, 0.1) is 0 Å². The number of rotatable bonds is 4. The standard InChI is InChI=1S/C10H13N5/c1-2-3-4-5-11-9-8-10(13-6-12-8)15-7-14-9/h5-7H,2-4H2,1H3,(H,12,13,14,15)/b11-5+. The Morgan fingerprint density at radius 2 is 2.33 bits per heavy atom. The maximum absolute atomic E-state index is 4.29. The normalized spacial score (nSPS) is 11.5. The molecule has 2 rings (SSSR count). The molecule has 0 saturated heterocycles. The molecule has 0 unspecified atom stereocenters. The SMILES string of the molecule is CCCC/C=N/c1ncnc2[nH]cnc12. The van der Waals surface area contributed by atoms with Gasteiger partial charge in [-0.25, -0.2) is 19.9 Å². The highest BCUT2D eigenvalue weighted by Gasteiger charge is 2.02. The van der Waals surface area contributed by atoms with E-state index in [1.807, 2.05) is 6.21 Å². The molecule has 0 saturated carbocycles. The van der Waals surface area contributed by atoms with Gasteiger partial charge in [0.2, 0.25) is 0 Å². The fourth-order valence-electron chi connectivity index (χ4n) is 1.29. The van der Waals surface area contributed by atoms with Crippen molar-refractivity contribution >= 4 is 23.2 Å². The van der Waals surface area contributed by atoms with E-state index >= 15 is 0 Å². The molecule has 2 aromatic rings. The maximum Gasteiger partial charge on any atom is 0.183 e. The summed E-state index contributed by atoms with van der Waals surface area (Å²) in [5.41, 5.74) is 1.46. The van der Waals surface area contributed by atoms with Crippen molar-refractivity contribution in [2.24, 2.45) is 4.99 Å². The second kappa shape index (κ2) is 4.63. The van der Waals surface area contributed by atoms with Crippen molar-refractivity contribution < 1.29 is 0 Å². The molecule has 0 radical (unpaired) electrons. The molecule has 2 heterocycles. The number of hydrogen-bond acceptors (Lipinski definition) is 4. The summed E-state index contributed by atoms with van der Waals surface area (Å²) in [7, 11) is 0. The third-order valence-corrected chi connectivity index (χ3v) is 2.10. The van der Waals surface area contributed by atoms with Gasteiger partial charge >= 0.3 is 0 Å². The molecule has 0 atom stereocenters. The second-order valence-electron chi connectivity index (χ2n) is 3.25. The van der Waals surface area contributed by atoms with Crippen molar-refractivity contribution in [3.63, 3.8) is 0 Å². The van der Waals surface area contributed by atoms with Crippen LogP contribution >= 0.6 is 0 Å². The van der Waals surface area contributed by atoms with E-state index in [0.717, 1.165) is 24.0 Å². The van der Waals surface area contributed by atoms with E-state index in [1.54, 1.807) is 6.33 Å². The molecule has 5 nitrogen and oxygen atoms in total. The number of nitrogens with one attached hydrogen (secondary N) is 1. The van der Waals surface area contributed by atoms with Crippen LogP contribution in [0.25, 0.3) is 11.2 Å². The largest absolute Gasteiger partial charge is 0.329 e. The molecule has 15 heavy (non-hydrogen) atoms. The monoisotopic (exact) mass is 203 g/mol. The van der Waals surface area contributed by atoms with Crippen molar-refractivity contribution in [3.8, 4) is 0 Å². The fraction of sp³-hybridized carbons (Fsp3) is 0.400. The third kappa shape index (κ3) is 2.18. The highest BCUT2D eigenvalue weighted by atomic mass is 15.0. The first-order valence-corrected chi connectivity index (χ1v) is 5.08. The molecule has 0 aliphatic rings. The zero-order valence-electron chi connectivity index (χ0n) is 8.64. The molecule has 0 aromatic carbocycles. The molecular weight excluding hydrogens is 190 g/mol. The molecule has 0 amide bonds. The van der Waals surface area contributed by atoms with Crippen LogP contribution in [-0.4, -0.2) is 26.2 Å². The topological polar surface area (TPSA) is 66.8 Å². The van der Waals surface area contributed by atoms with Crippen LogP contribution in [0.4, 0.5) is 5.82 Å². The summed E-state index contributed by atoms with van der Waals surface area (Å²) in [5.74, 6) is 0.636. The molecule has 2 aromatic heterocycles. The minimum atomic E-state index is 0.636. The number of unbranched alkanes of at least 4 members (excludes halogenated alkanes) is 2. The van der Waals surface area contributed by atoms with Crippen molar-refractivity contribution in [3.05, 3.63) is 12.7 Å². The van der Waals surface area contributed by atoms with E-state index in [-0.39, 0.29) is 0 Å². The molecule has 0 aliphatic heterocycles. The van der Waals surface area contributed by atoms with E-state index in [2.05, 4.69) is 31.9 Å². The average Bonchev–Trinajstić information content (AvgIpc) is 2.73. The summed E-state index contributed by atoms with van der Waals surface area (Å²) in [6.07, 6.45) is 8.29. The molecule has 0 spiro atoms. The summed E-state index contributed by atoms with van der Waals surface area (Å²) < 4.78 is 0. The van der Waals surface area contributed by atoms with Gasteiger partial charge in [-0.3, -0.25) is 0 Å². The van der Waals surface area contributed by atoms with Gasteiger partial charge in [-0.15, -0.1) is 0 Å². The van der Waals surface area contributed by atoms with Crippen molar-refractivity contribution in [1.82, 2.24) is 19.9 Å². The fourth-order valence-corrected chi connectivity index (χ4v) is 1.29. The van der Waals surface area contributed by atoms with Gasteiger partial charge in [-0.2, -0.15) is 0 Å². The van der Waals surface area contributed by atoms with Crippen molar-refractivity contribution in [2.45, 2.75) is 26.2 Å². The number of nitrogens with zero attached hydrogens (tertiary/aromatic N) is 4. The number of aliphatic imine (C=N–C) groups is 1. The van der Waals surface area contributed by atoms with Gasteiger partial charge in [0.1, 0.15) is 6.33 Å². The first-order chi connectivity index (χ1) is 7.42. The van der Waals surface area contributed by atoms with E-state index in [1.165, 1.54) is 12.7 Å². The summed E-state index contributed by atoms with van der Waals surface area (Å²) in [4.78, 5) is 19.5. The van der Waals surface area contributed by atoms with Gasteiger partial charge in [-0.1, -0.05) is 13.3 Å². The third-order valence-electron chi connectivity index (χ3n) is 2.10. The zero-order valence-corrected chi connectivity index (χ0v) is 8.64. The Morgan fingerprint density at radius 1 is 1.40 bits per heavy atom. The lowest BCUT2D eigenvalue weighted by atomic mass is 10.3. The van der Waals surface area contributed by atoms with Gasteiger partial charge in [-0.05, 0) is 12.8 Å². The van der Waals surface area contributed by atoms with E-state index < -0.39 is 0 Å². The lowest BCUT2D eigenvalue weighted by molar-refractivity contribution is 0.842. The molecule has 1 N–H and O–H groups in total.